The van der Waals surface area contributed by atoms with E-state index in [1.165, 1.54) is 6.08 Å². The van der Waals surface area contributed by atoms with Crippen molar-refractivity contribution in [2.45, 2.75) is 12.5 Å². The second-order valence-corrected chi connectivity index (χ2v) is 5.31. The number of terminal acetylenes is 1. The Bertz CT molecular complexity index is 828. The Morgan fingerprint density at radius 2 is 1.61 bits per heavy atom. The maximum absolute atomic E-state index is 12.6. The molecule has 2 aromatic rings. The van der Waals surface area contributed by atoms with E-state index in [9.17, 15) is 9.59 Å². The first kappa shape index (κ1) is 14.8. The van der Waals surface area contributed by atoms with Crippen LogP contribution in [0.2, 0.25) is 0 Å². The van der Waals surface area contributed by atoms with Gasteiger partial charge in [-0.05, 0) is 5.56 Å². The summed E-state index contributed by atoms with van der Waals surface area (Å²) in [7, 11) is 0. The zero-order chi connectivity index (χ0) is 16.2. The van der Waals surface area contributed by atoms with Crippen LogP contribution in [0.15, 0.2) is 66.4 Å². The second-order valence-electron chi connectivity index (χ2n) is 5.31. The number of fused-ring (bicyclic) bond motifs is 1. The van der Waals surface area contributed by atoms with E-state index in [4.69, 9.17) is 6.42 Å². The molecule has 3 rings (SSSR count). The predicted molar refractivity (Wildman–Crippen MR) is 89.0 cm³/mol. The molecule has 0 bridgehead atoms. The molecule has 0 aliphatic heterocycles. The molecule has 23 heavy (non-hydrogen) atoms. The highest BCUT2D eigenvalue weighted by Gasteiger charge is 2.26. The van der Waals surface area contributed by atoms with Crippen molar-refractivity contribution in [1.29, 1.82) is 0 Å². The average molecular weight is 301 g/mol. The Kier molecular flexibility index (Phi) is 4.07. The van der Waals surface area contributed by atoms with Gasteiger partial charge in [0.05, 0.1) is 11.7 Å². The third kappa shape index (κ3) is 2.93. The second kappa shape index (κ2) is 6.33. The molecule has 0 aromatic heterocycles. The molecule has 1 unspecified atom stereocenters. The zero-order valence-electron chi connectivity index (χ0n) is 12.5. The fourth-order valence-electron chi connectivity index (χ4n) is 2.67. The fourth-order valence-corrected chi connectivity index (χ4v) is 2.67. The molecule has 3 nitrogen and oxygen atoms in total. The van der Waals surface area contributed by atoms with Crippen molar-refractivity contribution in [1.82, 2.24) is 5.32 Å². The third-order valence-electron chi connectivity index (χ3n) is 3.81. The lowest BCUT2D eigenvalue weighted by Gasteiger charge is -2.22. The maximum atomic E-state index is 12.6. The molecule has 0 fully saturated rings. The summed E-state index contributed by atoms with van der Waals surface area (Å²) in [4.78, 5) is 24.8. The van der Waals surface area contributed by atoms with Gasteiger partial charge in [0, 0.05) is 23.6 Å². The van der Waals surface area contributed by atoms with Gasteiger partial charge in [-0.25, -0.2) is 0 Å². The minimum absolute atomic E-state index is 0.171. The number of carbonyl (C=O) groups is 2. The summed E-state index contributed by atoms with van der Waals surface area (Å²) < 4.78 is 0. The number of benzene rings is 2. The molecule has 0 amide bonds. The lowest BCUT2D eigenvalue weighted by molar-refractivity contribution is 0.0976. The Morgan fingerprint density at radius 1 is 0.957 bits per heavy atom. The van der Waals surface area contributed by atoms with E-state index in [-0.39, 0.29) is 23.3 Å². The number of ketones is 2. The Balaban J connectivity index is 1.91. The summed E-state index contributed by atoms with van der Waals surface area (Å²) in [5.41, 5.74) is 2.13. The SMILES string of the molecule is C#CCC(NC1=CC(=O)c2ccccc2C1=O)c1ccccc1. The summed E-state index contributed by atoms with van der Waals surface area (Å²) >= 11 is 0. The highest BCUT2D eigenvalue weighted by Crippen LogP contribution is 2.23. The molecule has 2 aromatic carbocycles. The van der Waals surface area contributed by atoms with Gasteiger partial charge >= 0.3 is 0 Å². The Morgan fingerprint density at radius 3 is 2.30 bits per heavy atom. The molecule has 3 heteroatoms. The summed E-state index contributed by atoms with van der Waals surface area (Å²) in [5.74, 6) is 2.26. The largest absolute Gasteiger partial charge is 0.374 e. The molecular weight excluding hydrogens is 286 g/mol. The standard InChI is InChI=1S/C20H15NO2/c1-2-8-17(14-9-4-3-5-10-14)21-18-13-19(22)15-11-6-7-12-16(15)20(18)23/h1,3-7,9-13,17,21H,8H2. The van der Waals surface area contributed by atoms with Crippen molar-refractivity contribution in [3.05, 3.63) is 83.1 Å². The molecule has 0 spiro atoms. The van der Waals surface area contributed by atoms with Crippen molar-refractivity contribution in [3.8, 4) is 12.3 Å². The van der Waals surface area contributed by atoms with Gasteiger partial charge in [-0.3, -0.25) is 9.59 Å². The molecule has 1 N–H and O–H groups in total. The van der Waals surface area contributed by atoms with E-state index < -0.39 is 0 Å². The van der Waals surface area contributed by atoms with E-state index in [0.717, 1.165) is 5.56 Å². The van der Waals surface area contributed by atoms with Gasteiger partial charge in [-0.15, -0.1) is 12.3 Å². The van der Waals surface area contributed by atoms with Crippen molar-refractivity contribution >= 4 is 11.6 Å². The molecule has 0 radical (unpaired) electrons. The van der Waals surface area contributed by atoms with Gasteiger partial charge in [-0.2, -0.15) is 0 Å². The monoisotopic (exact) mass is 301 g/mol. The van der Waals surface area contributed by atoms with Gasteiger partial charge < -0.3 is 5.32 Å². The van der Waals surface area contributed by atoms with Crippen LogP contribution in [0, 0.1) is 12.3 Å². The smallest absolute Gasteiger partial charge is 0.209 e. The minimum Gasteiger partial charge on any atom is -0.374 e. The molecule has 1 aliphatic carbocycles. The maximum Gasteiger partial charge on any atom is 0.209 e. The number of hydrogen-bond donors (Lipinski definition) is 1. The van der Waals surface area contributed by atoms with Crippen LogP contribution in [0.3, 0.4) is 0 Å². The van der Waals surface area contributed by atoms with Crippen LogP contribution in [-0.4, -0.2) is 11.6 Å². The molecule has 1 aliphatic rings. The van der Waals surface area contributed by atoms with Gasteiger partial charge in [0.1, 0.15) is 0 Å². The van der Waals surface area contributed by atoms with Gasteiger partial charge in [0.2, 0.25) is 5.78 Å². The first-order valence-corrected chi connectivity index (χ1v) is 7.35. The van der Waals surface area contributed by atoms with E-state index in [0.29, 0.717) is 17.5 Å². The summed E-state index contributed by atoms with van der Waals surface area (Å²) in [5, 5.41) is 3.14. The van der Waals surface area contributed by atoms with Gasteiger partial charge in [0.15, 0.2) is 5.78 Å². The number of carbonyl (C=O) groups excluding carboxylic acids is 2. The lowest BCUT2D eigenvalue weighted by atomic mass is 9.92. The number of allylic oxidation sites excluding steroid dienone is 2. The third-order valence-corrected chi connectivity index (χ3v) is 3.81. The zero-order valence-corrected chi connectivity index (χ0v) is 12.5. The minimum atomic E-state index is -0.213. The van der Waals surface area contributed by atoms with Crippen molar-refractivity contribution in [3.63, 3.8) is 0 Å². The van der Waals surface area contributed by atoms with Crippen LogP contribution in [0.4, 0.5) is 0 Å². The van der Waals surface area contributed by atoms with Gasteiger partial charge in [0.25, 0.3) is 0 Å². The number of nitrogens with one attached hydrogen (secondary N) is 1. The Labute approximate surface area is 135 Å². The molecule has 112 valence electrons. The van der Waals surface area contributed by atoms with E-state index in [1.807, 2.05) is 30.3 Å². The molecule has 0 heterocycles. The lowest BCUT2D eigenvalue weighted by Crippen LogP contribution is -2.29. The molecule has 0 saturated carbocycles. The summed E-state index contributed by atoms with van der Waals surface area (Å²) in [6.45, 7) is 0. The first-order chi connectivity index (χ1) is 11.2. The predicted octanol–water partition coefficient (Wildman–Crippen LogP) is 3.30. The number of hydrogen-bond acceptors (Lipinski definition) is 3. The van der Waals surface area contributed by atoms with Crippen molar-refractivity contribution in [2.24, 2.45) is 0 Å². The van der Waals surface area contributed by atoms with Crippen molar-refractivity contribution in [2.75, 3.05) is 0 Å². The van der Waals surface area contributed by atoms with Crippen molar-refractivity contribution < 1.29 is 9.59 Å². The van der Waals surface area contributed by atoms with Crippen LogP contribution in [0.1, 0.15) is 38.7 Å². The normalized spacial score (nSPS) is 14.5. The van der Waals surface area contributed by atoms with E-state index in [2.05, 4.69) is 11.2 Å². The van der Waals surface area contributed by atoms with Crippen LogP contribution in [-0.2, 0) is 0 Å². The number of rotatable bonds is 4. The highest BCUT2D eigenvalue weighted by atomic mass is 16.1. The topological polar surface area (TPSA) is 46.2 Å². The molecular formula is C20H15NO2. The van der Waals surface area contributed by atoms with E-state index >= 15 is 0 Å². The summed E-state index contributed by atoms with van der Waals surface area (Å²) in [6.07, 6.45) is 7.23. The van der Waals surface area contributed by atoms with Crippen LogP contribution in [0.25, 0.3) is 0 Å². The average Bonchev–Trinajstić information content (AvgIpc) is 2.60. The highest BCUT2D eigenvalue weighted by molar-refractivity contribution is 6.24. The van der Waals surface area contributed by atoms with E-state index in [1.54, 1.807) is 24.3 Å². The van der Waals surface area contributed by atoms with Gasteiger partial charge in [-0.1, -0.05) is 54.6 Å². The Hall–Kier alpha value is -3.12. The fraction of sp³-hybridized carbons (Fsp3) is 0.100. The number of Topliss-reactive ketones (excluding diaryl/α,β-unsaturated/α-hetero) is 1. The van der Waals surface area contributed by atoms with Crippen LogP contribution < -0.4 is 5.32 Å². The summed E-state index contributed by atoms with van der Waals surface area (Å²) in [6, 6.07) is 16.3. The quantitative estimate of drug-likeness (QED) is 0.881. The first-order valence-electron chi connectivity index (χ1n) is 7.35. The van der Waals surface area contributed by atoms with Crippen LogP contribution >= 0.6 is 0 Å². The van der Waals surface area contributed by atoms with Crippen LogP contribution in [0.5, 0.6) is 0 Å². The molecule has 1 atom stereocenters. The molecule has 0 saturated heterocycles.